The molecule has 1 unspecified atom stereocenters. The van der Waals surface area contributed by atoms with E-state index >= 15 is 0 Å². The smallest absolute Gasteiger partial charge is 0.236 e. The highest BCUT2D eigenvalue weighted by atomic mass is 16.5. The summed E-state index contributed by atoms with van der Waals surface area (Å²) < 4.78 is 4.96. The van der Waals surface area contributed by atoms with Gasteiger partial charge in [-0.2, -0.15) is 0 Å². The molecule has 1 fully saturated rings. The normalized spacial score (nSPS) is 19.3. The molecule has 1 aliphatic heterocycles. The Labute approximate surface area is 127 Å². The summed E-state index contributed by atoms with van der Waals surface area (Å²) in [4.78, 5) is 14.2. The van der Waals surface area contributed by atoms with E-state index in [2.05, 4.69) is 35.6 Å². The number of benzene rings is 1. The van der Waals surface area contributed by atoms with E-state index in [0.717, 1.165) is 32.5 Å². The molecule has 0 bridgehead atoms. The standard InChI is InChI=1S/C17H26N2O2/c1-21-13-10-18-14-17(20)19-11-5-8-16(9-12-19)15-6-3-2-4-7-15/h2-4,6-7,16,18H,5,8-14H2,1H3. The molecular weight excluding hydrogens is 264 g/mol. The highest BCUT2D eigenvalue weighted by Crippen LogP contribution is 2.27. The van der Waals surface area contributed by atoms with Gasteiger partial charge in [0.05, 0.1) is 13.2 Å². The molecular formula is C17H26N2O2. The van der Waals surface area contributed by atoms with Gasteiger partial charge in [-0.15, -0.1) is 0 Å². The van der Waals surface area contributed by atoms with Crippen LogP contribution in [-0.2, 0) is 9.53 Å². The molecule has 0 saturated carbocycles. The fourth-order valence-electron chi connectivity index (χ4n) is 2.89. The largest absolute Gasteiger partial charge is 0.383 e. The lowest BCUT2D eigenvalue weighted by Crippen LogP contribution is -2.39. The van der Waals surface area contributed by atoms with Crippen LogP contribution < -0.4 is 5.32 Å². The summed E-state index contributed by atoms with van der Waals surface area (Å²) in [5.41, 5.74) is 1.41. The van der Waals surface area contributed by atoms with Crippen LogP contribution in [0.25, 0.3) is 0 Å². The van der Waals surface area contributed by atoms with Crippen molar-refractivity contribution in [1.29, 1.82) is 0 Å². The number of hydrogen-bond acceptors (Lipinski definition) is 3. The second-order valence-corrected chi connectivity index (χ2v) is 5.59. The van der Waals surface area contributed by atoms with Crippen LogP contribution in [0.4, 0.5) is 0 Å². The summed E-state index contributed by atoms with van der Waals surface area (Å²) >= 11 is 0. The minimum absolute atomic E-state index is 0.208. The molecule has 1 aromatic carbocycles. The van der Waals surface area contributed by atoms with Gasteiger partial charge in [0.25, 0.3) is 0 Å². The number of carbonyl (C=O) groups is 1. The van der Waals surface area contributed by atoms with Gasteiger partial charge in [-0.25, -0.2) is 0 Å². The van der Waals surface area contributed by atoms with Crippen LogP contribution >= 0.6 is 0 Å². The summed E-state index contributed by atoms with van der Waals surface area (Å²) in [7, 11) is 1.67. The summed E-state index contributed by atoms with van der Waals surface area (Å²) in [6, 6.07) is 10.7. The lowest BCUT2D eigenvalue weighted by molar-refractivity contribution is -0.130. The number of amides is 1. The first-order chi connectivity index (χ1) is 10.3. The fourth-order valence-corrected chi connectivity index (χ4v) is 2.89. The molecule has 0 spiro atoms. The minimum Gasteiger partial charge on any atom is -0.383 e. The van der Waals surface area contributed by atoms with Gasteiger partial charge in [-0.3, -0.25) is 4.79 Å². The maximum Gasteiger partial charge on any atom is 0.236 e. The van der Waals surface area contributed by atoms with Crippen molar-refractivity contribution in [2.24, 2.45) is 0 Å². The summed E-state index contributed by atoms with van der Waals surface area (Å²) in [6.07, 6.45) is 3.32. The van der Waals surface area contributed by atoms with Crippen LogP contribution in [0.2, 0.25) is 0 Å². The third-order valence-electron chi connectivity index (χ3n) is 4.11. The van der Waals surface area contributed by atoms with E-state index < -0.39 is 0 Å². The topological polar surface area (TPSA) is 41.6 Å². The Morgan fingerprint density at radius 1 is 1.29 bits per heavy atom. The molecule has 1 amide bonds. The van der Waals surface area contributed by atoms with Crippen molar-refractivity contribution in [1.82, 2.24) is 10.2 Å². The first-order valence-corrected chi connectivity index (χ1v) is 7.83. The lowest BCUT2D eigenvalue weighted by atomic mass is 9.92. The lowest BCUT2D eigenvalue weighted by Gasteiger charge is -2.21. The van der Waals surface area contributed by atoms with Gasteiger partial charge in [0.2, 0.25) is 5.91 Å². The van der Waals surface area contributed by atoms with Gasteiger partial charge in [0, 0.05) is 26.7 Å². The highest BCUT2D eigenvalue weighted by Gasteiger charge is 2.21. The van der Waals surface area contributed by atoms with Crippen LogP contribution in [-0.4, -0.2) is 50.7 Å². The van der Waals surface area contributed by atoms with E-state index in [1.807, 2.05) is 4.90 Å². The van der Waals surface area contributed by atoms with Crippen LogP contribution in [0.15, 0.2) is 30.3 Å². The first kappa shape index (κ1) is 16.0. The first-order valence-electron chi connectivity index (χ1n) is 7.83. The Kier molecular flexibility index (Phi) is 6.70. The van der Waals surface area contributed by atoms with Crippen LogP contribution in [0, 0.1) is 0 Å². The van der Waals surface area contributed by atoms with Crippen molar-refractivity contribution < 1.29 is 9.53 Å². The molecule has 1 aromatic rings. The summed E-state index contributed by atoms with van der Waals surface area (Å²) in [5, 5.41) is 3.13. The Balaban J connectivity index is 1.79. The number of methoxy groups -OCH3 is 1. The number of likely N-dealkylation sites (tertiary alicyclic amines) is 1. The Morgan fingerprint density at radius 3 is 2.86 bits per heavy atom. The Hall–Kier alpha value is -1.39. The van der Waals surface area contributed by atoms with Crippen LogP contribution in [0.1, 0.15) is 30.7 Å². The highest BCUT2D eigenvalue weighted by molar-refractivity contribution is 5.78. The minimum atomic E-state index is 0.208. The van der Waals surface area contributed by atoms with Crippen molar-refractivity contribution in [3.63, 3.8) is 0 Å². The molecule has 116 valence electrons. The van der Waals surface area contributed by atoms with Crippen LogP contribution in [0.3, 0.4) is 0 Å². The number of carbonyl (C=O) groups excluding carboxylic acids is 1. The average molecular weight is 290 g/mol. The predicted molar refractivity (Wildman–Crippen MR) is 84.4 cm³/mol. The summed E-state index contributed by atoms with van der Waals surface area (Å²) in [6.45, 7) is 3.53. The number of nitrogens with zero attached hydrogens (tertiary/aromatic N) is 1. The molecule has 1 atom stereocenters. The second-order valence-electron chi connectivity index (χ2n) is 5.59. The molecule has 1 N–H and O–H groups in total. The van der Waals surface area contributed by atoms with E-state index in [1.165, 1.54) is 12.0 Å². The van der Waals surface area contributed by atoms with Gasteiger partial charge in [0.15, 0.2) is 0 Å². The molecule has 1 saturated heterocycles. The van der Waals surface area contributed by atoms with E-state index in [9.17, 15) is 4.79 Å². The predicted octanol–water partition coefficient (Wildman–Crippen LogP) is 2.02. The van der Waals surface area contributed by atoms with E-state index in [4.69, 9.17) is 4.74 Å². The van der Waals surface area contributed by atoms with Crippen molar-refractivity contribution >= 4 is 5.91 Å². The van der Waals surface area contributed by atoms with Crippen molar-refractivity contribution in [3.8, 4) is 0 Å². The number of rotatable bonds is 6. The van der Waals surface area contributed by atoms with Gasteiger partial charge in [-0.1, -0.05) is 30.3 Å². The van der Waals surface area contributed by atoms with Gasteiger partial charge in [0.1, 0.15) is 0 Å². The molecule has 0 aliphatic carbocycles. The molecule has 0 radical (unpaired) electrons. The zero-order valence-electron chi connectivity index (χ0n) is 12.9. The molecule has 4 heteroatoms. The number of nitrogens with one attached hydrogen (secondary N) is 1. The molecule has 4 nitrogen and oxygen atoms in total. The number of hydrogen-bond donors (Lipinski definition) is 1. The van der Waals surface area contributed by atoms with Gasteiger partial charge >= 0.3 is 0 Å². The zero-order chi connectivity index (χ0) is 14.9. The van der Waals surface area contributed by atoms with Gasteiger partial charge < -0.3 is 15.0 Å². The Bertz CT molecular complexity index is 422. The van der Waals surface area contributed by atoms with E-state index in [0.29, 0.717) is 19.1 Å². The average Bonchev–Trinajstić information content (AvgIpc) is 2.78. The van der Waals surface area contributed by atoms with Gasteiger partial charge in [-0.05, 0) is 30.7 Å². The third-order valence-corrected chi connectivity index (χ3v) is 4.11. The SMILES string of the molecule is COCCNCC(=O)N1CCCC(c2ccccc2)CC1. The molecule has 2 rings (SSSR count). The van der Waals surface area contributed by atoms with Crippen LogP contribution in [0.5, 0.6) is 0 Å². The van der Waals surface area contributed by atoms with E-state index in [-0.39, 0.29) is 5.91 Å². The molecule has 1 heterocycles. The molecule has 21 heavy (non-hydrogen) atoms. The molecule has 0 aromatic heterocycles. The maximum atomic E-state index is 12.2. The second kappa shape index (κ2) is 8.80. The maximum absolute atomic E-state index is 12.2. The van der Waals surface area contributed by atoms with Crippen molar-refractivity contribution in [2.45, 2.75) is 25.2 Å². The summed E-state index contributed by atoms with van der Waals surface area (Å²) in [5.74, 6) is 0.797. The third kappa shape index (κ3) is 5.14. The monoisotopic (exact) mass is 290 g/mol. The van der Waals surface area contributed by atoms with Crippen molar-refractivity contribution in [3.05, 3.63) is 35.9 Å². The fraction of sp³-hybridized carbons (Fsp3) is 0.588. The number of ether oxygens (including phenoxy) is 1. The Morgan fingerprint density at radius 2 is 2.10 bits per heavy atom. The zero-order valence-corrected chi connectivity index (χ0v) is 12.9. The van der Waals surface area contributed by atoms with E-state index in [1.54, 1.807) is 7.11 Å². The van der Waals surface area contributed by atoms with Crippen molar-refractivity contribution in [2.75, 3.05) is 39.9 Å². The molecule has 1 aliphatic rings. The quantitative estimate of drug-likeness (QED) is 0.815.